The monoisotopic (exact) mass is 364 g/mol. The van der Waals surface area contributed by atoms with Gasteiger partial charge >= 0.3 is 0 Å². The Balaban J connectivity index is 1.52. The summed E-state index contributed by atoms with van der Waals surface area (Å²) in [6, 6.07) is 13.3. The second-order valence-electron chi connectivity index (χ2n) is 6.37. The zero-order chi connectivity index (χ0) is 19.2. The smallest absolute Gasteiger partial charge is 0.251 e. The molecule has 0 aliphatic rings. The van der Waals surface area contributed by atoms with Crippen molar-refractivity contribution >= 4 is 17.4 Å². The number of hydrogen-bond donors (Lipinski definition) is 2. The summed E-state index contributed by atoms with van der Waals surface area (Å²) in [6.07, 6.45) is 3.88. The van der Waals surface area contributed by atoms with Crippen LogP contribution >= 0.6 is 0 Å². The Morgan fingerprint density at radius 3 is 2.44 bits per heavy atom. The van der Waals surface area contributed by atoms with E-state index in [9.17, 15) is 4.79 Å². The average Bonchev–Trinajstić information content (AvgIpc) is 3.19. The van der Waals surface area contributed by atoms with E-state index in [0.717, 1.165) is 17.3 Å². The van der Waals surface area contributed by atoms with Crippen LogP contribution in [0, 0.1) is 6.92 Å². The van der Waals surface area contributed by atoms with Crippen molar-refractivity contribution < 1.29 is 4.79 Å². The minimum absolute atomic E-state index is 0.0889. The lowest BCUT2D eigenvalue weighted by atomic mass is 10.2. The molecule has 3 rings (SSSR count). The second-order valence-corrected chi connectivity index (χ2v) is 6.37. The van der Waals surface area contributed by atoms with Crippen molar-refractivity contribution in [1.29, 1.82) is 0 Å². The molecule has 0 aliphatic carbocycles. The number of aromatic nitrogens is 3. The van der Waals surface area contributed by atoms with Gasteiger partial charge in [-0.15, -0.1) is 0 Å². The maximum Gasteiger partial charge on any atom is 0.251 e. The molecule has 7 nitrogen and oxygen atoms in total. The van der Waals surface area contributed by atoms with Gasteiger partial charge in [0.2, 0.25) is 0 Å². The third-order valence-electron chi connectivity index (χ3n) is 4.06. The van der Waals surface area contributed by atoms with Gasteiger partial charge in [0.1, 0.15) is 17.5 Å². The van der Waals surface area contributed by atoms with E-state index in [1.54, 1.807) is 0 Å². The van der Waals surface area contributed by atoms with Crippen LogP contribution in [0.25, 0.3) is 5.82 Å². The molecule has 3 aromatic rings. The summed E-state index contributed by atoms with van der Waals surface area (Å²) in [7, 11) is 3.94. The van der Waals surface area contributed by atoms with E-state index < -0.39 is 0 Å². The van der Waals surface area contributed by atoms with Gasteiger partial charge in [0, 0.05) is 56.9 Å². The van der Waals surface area contributed by atoms with Gasteiger partial charge in [0.25, 0.3) is 5.91 Å². The summed E-state index contributed by atoms with van der Waals surface area (Å²) < 4.78 is 1.93. The molecule has 2 aromatic heterocycles. The van der Waals surface area contributed by atoms with Crippen LogP contribution < -0.4 is 15.5 Å². The van der Waals surface area contributed by atoms with Crippen molar-refractivity contribution in [1.82, 2.24) is 19.9 Å². The molecule has 7 heteroatoms. The SMILES string of the molecule is Cc1nc(NCCNC(=O)c2ccc(N(C)C)cc2)cc(-n2cccc2)n1. The molecule has 0 saturated carbocycles. The predicted octanol–water partition coefficient (Wildman–Crippen LogP) is 2.48. The highest BCUT2D eigenvalue weighted by Gasteiger charge is 2.06. The van der Waals surface area contributed by atoms with Crippen LogP contribution in [-0.2, 0) is 0 Å². The maximum absolute atomic E-state index is 12.2. The number of hydrogen-bond acceptors (Lipinski definition) is 5. The van der Waals surface area contributed by atoms with Crippen LogP contribution in [0.2, 0.25) is 0 Å². The first-order chi connectivity index (χ1) is 13.0. The van der Waals surface area contributed by atoms with Gasteiger partial charge in [0.15, 0.2) is 0 Å². The molecule has 2 N–H and O–H groups in total. The van der Waals surface area contributed by atoms with Crippen molar-refractivity contribution in [2.24, 2.45) is 0 Å². The summed E-state index contributed by atoms with van der Waals surface area (Å²) in [6.45, 7) is 2.93. The van der Waals surface area contributed by atoms with E-state index in [2.05, 4.69) is 20.6 Å². The molecule has 0 spiro atoms. The number of nitrogens with one attached hydrogen (secondary N) is 2. The Kier molecular flexibility index (Phi) is 5.71. The standard InChI is InChI=1S/C20H24N6O/c1-15-23-18(14-19(24-15)26-12-4-5-13-26)21-10-11-22-20(27)16-6-8-17(9-7-16)25(2)3/h4-9,12-14H,10-11H2,1-3H3,(H,22,27)(H,21,23,24). The highest BCUT2D eigenvalue weighted by atomic mass is 16.1. The van der Waals surface area contributed by atoms with Crippen LogP contribution in [0.5, 0.6) is 0 Å². The molecule has 0 unspecified atom stereocenters. The number of aryl methyl sites for hydroxylation is 1. The second kappa shape index (κ2) is 8.35. The first-order valence-corrected chi connectivity index (χ1v) is 8.81. The Morgan fingerprint density at radius 2 is 1.78 bits per heavy atom. The van der Waals surface area contributed by atoms with E-state index >= 15 is 0 Å². The van der Waals surface area contributed by atoms with Crippen molar-refractivity contribution in [2.45, 2.75) is 6.92 Å². The van der Waals surface area contributed by atoms with Crippen LogP contribution in [0.1, 0.15) is 16.2 Å². The number of rotatable bonds is 7. The van der Waals surface area contributed by atoms with Crippen molar-refractivity contribution in [3.63, 3.8) is 0 Å². The molecule has 0 aliphatic heterocycles. The normalized spacial score (nSPS) is 10.5. The van der Waals surface area contributed by atoms with Gasteiger partial charge in [-0.3, -0.25) is 4.79 Å². The van der Waals surface area contributed by atoms with Gasteiger partial charge in [0.05, 0.1) is 0 Å². The fraction of sp³-hybridized carbons (Fsp3) is 0.250. The van der Waals surface area contributed by atoms with Crippen molar-refractivity contribution in [3.8, 4) is 5.82 Å². The Labute approximate surface area is 159 Å². The lowest BCUT2D eigenvalue weighted by Gasteiger charge is -2.13. The molecule has 27 heavy (non-hydrogen) atoms. The molecule has 2 heterocycles. The van der Waals surface area contributed by atoms with E-state index in [0.29, 0.717) is 24.5 Å². The lowest BCUT2D eigenvalue weighted by Crippen LogP contribution is -2.29. The molecule has 0 fully saturated rings. The summed E-state index contributed by atoms with van der Waals surface area (Å²) in [5.74, 6) is 2.14. The first-order valence-electron chi connectivity index (χ1n) is 8.81. The first kappa shape index (κ1) is 18.4. The molecule has 0 radical (unpaired) electrons. The molecule has 0 bridgehead atoms. The topological polar surface area (TPSA) is 75.1 Å². The Hall–Kier alpha value is -3.35. The quantitative estimate of drug-likeness (QED) is 0.630. The molecule has 0 atom stereocenters. The van der Waals surface area contributed by atoms with Crippen LogP contribution in [-0.4, -0.2) is 47.6 Å². The summed E-state index contributed by atoms with van der Waals surface area (Å²) >= 11 is 0. The number of nitrogens with zero attached hydrogens (tertiary/aromatic N) is 4. The van der Waals surface area contributed by atoms with Gasteiger partial charge in [-0.2, -0.15) is 0 Å². The van der Waals surface area contributed by atoms with E-state index in [-0.39, 0.29) is 5.91 Å². The summed E-state index contributed by atoms with van der Waals surface area (Å²) in [5, 5.41) is 6.14. The summed E-state index contributed by atoms with van der Waals surface area (Å²) in [4.78, 5) is 23.0. The van der Waals surface area contributed by atoms with Crippen molar-refractivity contribution in [3.05, 3.63) is 66.2 Å². The Morgan fingerprint density at radius 1 is 1.07 bits per heavy atom. The zero-order valence-electron chi connectivity index (χ0n) is 15.8. The molecular formula is C20H24N6O. The zero-order valence-corrected chi connectivity index (χ0v) is 15.8. The predicted molar refractivity (Wildman–Crippen MR) is 108 cm³/mol. The van der Waals surface area contributed by atoms with Gasteiger partial charge in [-0.1, -0.05) is 0 Å². The largest absolute Gasteiger partial charge is 0.378 e. The van der Waals surface area contributed by atoms with Crippen LogP contribution in [0.4, 0.5) is 11.5 Å². The maximum atomic E-state index is 12.2. The number of anilines is 2. The summed E-state index contributed by atoms with van der Waals surface area (Å²) in [5.41, 5.74) is 1.71. The van der Waals surface area contributed by atoms with Crippen molar-refractivity contribution in [2.75, 3.05) is 37.4 Å². The Bertz CT molecular complexity index is 887. The molecule has 0 saturated heterocycles. The highest BCUT2D eigenvalue weighted by Crippen LogP contribution is 2.12. The van der Waals surface area contributed by atoms with E-state index in [4.69, 9.17) is 0 Å². The number of benzene rings is 1. The van der Waals surface area contributed by atoms with Gasteiger partial charge in [-0.05, 0) is 43.3 Å². The average molecular weight is 364 g/mol. The minimum Gasteiger partial charge on any atom is -0.378 e. The third kappa shape index (κ3) is 4.84. The highest BCUT2D eigenvalue weighted by molar-refractivity contribution is 5.94. The minimum atomic E-state index is -0.0889. The molecule has 1 aromatic carbocycles. The number of amides is 1. The molecule has 140 valence electrons. The molecule has 1 amide bonds. The fourth-order valence-electron chi connectivity index (χ4n) is 2.64. The number of carbonyl (C=O) groups is 1. The lowest BCUT2D eigenvalue weighted by molar-refractivity contribution is 0.0955. The third-order valence-corrected chi connectivity index (χ3v) is 4.06. The number of carbonyl (C=O) groups excluding carboxylic acids is 1. The molecular weight excluding hydrogens is 340 g/mol. The van der Waals surface area contributed by atoms with Gasteiger partial charge in [-0.25, -0.2) is 9.97 Å². The van der Waals surface area contributed by atoms with E-state index in [1.165, 1.54) is 0 Å². The van der Waals surface area contributed by atoms with E-state index in [1.807, 2.05) is 85.3 Å². The van der Waals surface area contributed by atoms with Crippen LogP contribution in [0.3, 0.4) is 0 Å². The fourth-order valence-corrected chi connectivity index (χ4v) is 2.64. The van der Waals surface area contributed by atoms with Gasteiger partial charge < -0.3 is 20.1 Å². The van der Waals surface area contributed by atoms with Crippen LogP contribution in [0.15, 0.2) is 54.9 Å².